The van der Waals surface area contributed by atoms with Crippen molar-refractivity contribution >= 4 is 11.6 Å². The van der Waals surface area contributed by atoms with Crippen LogP contribution in [0.1, 0.15) is 57.6 Å². The number of carbonyl (C=O) groups is 1. The molecule has 0 unspecified atom stereocenters. The second-order valence-electron chi connectivity index (χ2n) is 8.09. The van der Waals surface area contributed by atoms with E-state index >= 15 is 0 Å². The van der Waals surface area contributed by atoms with Gasteiger partial charge in [0.2, 0.25) is 5.75 Å². The summed E-state index contributed by atoms with van der Waals surface area (Å²) in [5.41, 5.74) is 0.361. The van der Waals surface area contributed by atoms with Crippen molar-refractivity contribution in [2.75, 3.05) is 5.32 Å². The van der Waals surface area contributed by atoms with Crippen LogP contribution in [0, 0.1) is 24.1 Å². The highest BCUT2D eigenvalue weighted by atomic mass is 19.1. The third-order valence-corrected chi connectivity index (χ3v) is 5.70. The number of aromatic hydroxyl groups is 1. The predicted molar refractivity (Wildman–Crippen MR) is 124 cm³/mol. The molecular weight excluding hydrogens is 469 g/mol. The summed E-state index contributed by atoms with van der Waals surface area (Å²) in [4.78, 5) is 38.7. The van der Waals surface area contributed by atoms with Crippen LogP contribution < -0.4 is 10.9 Å². The van der Waals surface area contributed by atoms with Gasteiger partial charge in [-0.2, -0.15) is 5.26 Å². The van der Waals surface area contributed by atoms with Gasteiger partial charge in [-0.1, -0.05) is 12.1 Å². The number of nitriles is 1. The number of halogens is 1. The minimum Gasteiger partial charge on any atom is -0.501 e. The summed E-state index contributed by atoms with van der Waals surface area (Å²) in [6, 6.07) is 5.81. The first kappa shape index (κ1) is 24.2. The predicted octanol–water partition coefficient (Wildman–Crippen LogP) is 2.77. The van der Waals surface area contributed by atoms with Crippen molar-refractivity contribution in [2.45, 2.75) is 25.7 Å². The molecule has 0 radical (unpaired) electrons. The highest BCUT2D eigenvalue weighted by Crippen LogP contribution is 2.38. The number of rotatable bonds is 6. The van der Waals surface area contributed by atoms with E-state index in [0.29, 0.717) is 17.0 Å². The van der Waals surface area contributed by atoms with Gasteiger partial charge in [0.05, 0.1) is 29.2 Å². The highest BCUT2D eigenvalue weighted by molar-refractivity contribution is 6.04. The molecule has 1 amide bonds. The Hall–Kier alpha value is -4.92. The lowest BCUT2D eigenvalue weighted by Gasteiger charge is -2.26. The summed E-state index contributed by atoms with van der Waals surface area (Å²) >= 11 is 0. The number of aryl methyl sites for hydroxylation is 1. The van der Waals surface area contributed by atoms with Gasteiger partial charge in [0, 0.05) is 31.3 Å². The molecule has 0 aliphatic rings. The third-order valence-electron chi connectivity index (χ3n) is 5.70. The SMILES string of the molecule is Cc1cnc([C@@H](c2cc(F)ccc2C#N)[C@@H](C)c2nc(C(=O)Nc3cnoc3)c(O)c(=O)n2C)cn1. The van der Waals surface area contributed by atoms with E-state index in [0.717, 1.165) is 4.57 Å². The number of aromatic nitrogens is 5. The van der Waals surface area contributed by atoms with Crippen molar-refractivity contribution in [3.8, 4) is 11.8 Å². The Bertz CT molecular complexity index is 1530. The molecule has 0 aliphatic heterocycles. The Morgan fingerprint density at radius 1 is 1.28 bits per heavy atom. The van der Waals surface area contributed by atoms with Gasteiger partial charge in [-0.25, -0.2) is 9.37 Å². The average Bonchev–Trinajstić information content (AvgIpc) is 3.37. The van der Waals surface area contributed by atoms with Crippen LogP contribution >= 0.6 is 0 Å². The first-order valence-electron chi connectivity index (χ1n) is 10.7. The number of amides is 1. The minimum absolute atomic E-state index is 0.0915. The lowest BCUT2D eigenvalue weighted by atomic mass is 9.81. The Morgan fingerprint density at radius 2 is 2.06 bits per heavy atom. The number of benzene rings is 1. The third kappa shape index (κ3) is 4.54. The molecule has 1 aromatic carbocycles. The largest absolute Gasteiger partial charge is 0.501 e. The van der Waals surface area contributed by atoms with Gasteiger partial charge in [-0.3, -0.25) is 24.1 Å². The van der Waals surface area contributed by atoms with Gasteiger partial charge in [0.15, 0.2) is 5.69 Å². The van der Waals surface area contributed by atoms with Gasteiger partial charge in [0.25, 0.3) is 11.5 Å². The van der Waals surface area contributed by atoms with Crippen LogP contribution in [0.2, 0.25) is 0 Å². The topological polar surface area (TPSA) is 160 Å². The molecule has 11 nitrogen and oxygen atoms in total. The van der Waals surface area contributed by atoms with Crippen LogP contribution in [0.4, 0.5) is 10.1 Å². The lowest BCUT2D eigenvalue weighted by Crippen LogP contribution is -2.29. The van der Waals surface area contributed by atoms with E-state index in [9.17, 15) is 24.3 Å². The summed E-state index contributed by atoms with van der Waals surface area (Å²) in [5.74, 6) is -3.69. The second kappa shape index (κ2) is 9.75. The molecule has 4 aromatic rings. The first-order chi connectivity index (χ1) is 17.2. The number of anilines is 1. The van der Waals surface area contributed by atoms with Crippen LogP contribution in [0.5, 0.6) is 5.75 Å². The Kier molecular flexibility index (Phi) is 6.56. The van der Waals surface area contributed by atoms with Crippen molar-refractivity contribution < 1.29 is 18.8 Å². The van der Waals surface area contributed by atoms with Crippen LogP contribution in [0.15, 0.2) is 52.4 Å². The smallest absolute Gasteiger partial charge is 0.296 e. The zero-order valence-electron chi connectivity index (χ0n) is 19.4. The minimum atomic E-state index is -0.865. The van der Waals surface area contributed by atoms with Crippen molar-refractivity contribution in [3.05, 3.63) is 93.3 Å². The molecule has 2 atom stereocenters. The van der Waals surface area contributed by atoms with Gasteiger partial charge >= 0.3 is 0 Å². The second-order valence-corrected chi connectivity index (χ2v) is 8.09. The van der Waals surface area contributed by atoms with Crippen molar-refractivity contribution in [2.24, 2.45) is 7.05 Å². The van der Waals surface area contributed by atoms with E-state index in [1.807, 2.05) is 0 Å². The summed E-state index contributed by atoms with van der Waals surface area (Å²) in [6.07, 6.45) is 5.43. The van der Waals surface area contributed by atoms with E-state index in [4.69, 9.17) is 0 Å². The molecule has 0 saturated heterocycles. The summed E-state index contributed by atoms with van der Waals surface area (Å²) < 4.78 is 20.1. The van der Waals surface area contributed by atoms with Crippen molar-refractivity contribution in [1.29, 1.82) is 5.26 Å². The monoisotopic (exact) mass is 489 g/mol. The fraction of sp³-hybridized carbons (Fsp3) is 0.208. The van der Waals surface area contributed by atoms with E-state index in [2.05, 4.69) is 36.0 Å². The molecule has 36 heavy (non-hydrogen) atoms. The molecule has 0 bridgehead atoms. The van der Waals surface area contributed by atoms with Crippen LogP contribution in [0.25, 0.3) is 0 Å². The van der Waals surface area contributed by atoms with Crippen LogP contribution in [-0.2, 0) is 7.05 Å². The molecule has 0 fully saturated rings. The normalized spacial score (nSPS) is 12.5. The molecule has 182 valence electrons. The zero-order valence-corrected chi connectivity index (χ0v) is 19.4. The molecule has 0 saturated carbocycles. The maximum Gasteiger partial charge on any atom is 0.296 e. The summed E-state index contributed by atoms with van der Waals surface area (Å²) in [5, 5.41) is 26.0. The van der Waals surface area contributed by atoms with Gasteiger partial charge in [-0.15, -0.1) is 0 Å². The van der Waals surface area contributed by atoms with Crippen LogP contribution in [-0.4, -0.2) is 35.7 Å². The first-order valence-corrected chi connectivity index (χ1v) is 10.7. The van der Waals surface area contributed by atoms with Crippen LogP contribution in [0.3, 0.4) is 0 Å². The Balaban J connectivity index is 1.89. The molecule has 0 spiro atoms. The van der Waals surface area contributed by atoms with Gasteiger partial charge in [0.1, 0.15) is 23.6 Å². The summed E-state index contributed by atoms with van der Waals surface area (Å²) in [7, 11) is 1.39. The molecule has 4 rings (SSSR count). The fourth-order valence-electron chi connectivity index (χ4n) is 3.92. The number of carbonyl (C=O) groups excluding carboxylic acids is 1. The van der Waals surface area contributed by atoms with E-state index in [1.54, 1.807) is 13.8 Å². The average molecular weight is 489 g/mol. The standard InChI is InChI=1S/C24H20FN7O4/c1-12-8-28-18(10-27-12)19(17-6-15(25)5-4-14(17)7-26)13(2)22-31-20(21(33)24(35)32(22)3)23(34)30-16-9-29-36-11-16/h4-6,8-11,13,19,33H,1-3H3,(H,30,34)/t13-,19-/m1/s1. The lowest BCUT2D eigenvalue weighted by molar-refractivity contribution is 0.101. The maximum absolute atomic E-state index is 14.3. The molecule has 12 heteroatoms. The van der Waals surface area contributed by atoms with Crippen molar-refractivity contribution in [1.82, 2.24) is 24.7 Å². The fourth-order valence-corrected chi connectivity index (χ4v) is 3.92. The number of hydrogen-bond acceptors (Lipinski definition) is 9. The Labute approximate surface area is 203 Å². The summed E-state index contributed by atoms with van der Waals surface area (Å²) in [6.45, 7) is 3.45. The van der Waals surface area contributed by atoms with Gasteiger partial charge in [-0.05, 0) is 30.7 Å². The molecule has 2 N–H and O–H groups in total. The number of hydrogen-bond donors (Lipinski definition) is 2. The number of nitrogens with zero attached hydrogens (tertiary/aromatic N) is 6. The molecule has 3 heterocycles. The Morgan fingerprint density at radius 3 is 2.69 bits per heavy atom. The molecular formula is C24H20FN7O4. The van der Waals surface area contributed by atoms with E-state index in [-0.39, 0.29) is 17.1 Å². The maximum atomic E-state index is 14.3. The zero-order chi connectivity index (χ0) is 26.0. The highest BCUT2D eigenvalue weighted by Gasteiger charge is 2.32. The molecule has 3 aromatic heterocycles. The van der Waals surface area contributed by atoms with Gasteiger partial charge < -0.3 is 14.9 Å². The van der Waals surface area contributed by atoms with E-state index < -0.39 is 40.6 Å². The quantitative estimate of drug-likeness (QED) is 0.415. The van der Waals surface area contributed by atoms with E-state index in [1.165, 1.54) is 50.1 Å². The van der Waals surface area contributed by atoms with Crippen molar-refractivity contribution in [3.63, 3.8) is 0 Å². The number of nitrogens with one attached hydrogen (secondary N) is 1. The molecule has 0 aliphatic carbocycles.